The first-order valence-corrected chi connectivity index (χ1v) is 12.0. The predicted molar refractivity (Wildman–Crippen MR) is 138 cm³/mol. The van der Waals surface area contributed by atoms with Gasteiger partial charge in [0.15, 0.2) is 0 Å². The molecule has 0 unspecified atom stereocenters. The van der Waals surface area contributed by atoms with Gasteiger partial charge in [-0.25, -0.2) is 9.18 Å². The zero-order valence-corrected chi connectivity index (χ0v) is 20.2. The number of carbonyl (C=O) groups is 1. The third-order valence-corrected chi connectivity index (χ3v) is 7.15. The van der Waals surface area contributed by atoms with Gasteiger partial charge in [0.1, 0.15) is 11.6 Å². The van der Waals surface area contributed by atoms with Crippen molar-refractivity contribution < 1.29 is 19.0 Å². The van der Waals surface area contributed by atoms with Crippen LogP contribution in [0.1, 0.15) is 29.2 Å². The normalized spacial score (nSPS) is 20.2. The number of ether oxygens (including phenoxy) is 1. The van der Waals surface area contributed by atoms with Gasteiger partial charge in [0, 0.05) is 36.3 Å². The molecule has 0 spiro atoms. The molecular weight excluding hydrogens is 457 g/mol. The number of rotatable bonds is 3. The Morgan fingerprint density at radius 2 is 1.83 bits per heavy atom. The number of hydrogen-bond donors (Lipinski definition) is 2. The molecule has 3 aromatic carbocycles. The summed E-state index contributed by atoms with van der Waals surface area (Å²) in [6, 6.07) is 18.9. The molecule has 1 fully saturated rings. The summed E-state index contributed by atoms with van der Waals surface area (Å²) in [4.78, 5) is 17.4. The molecule has 0 bridgehead atoms. The molecule has 2 amide bonds. The van der Waals surface area contributed by atoms with Crippen LogP contribution in [0.3, 0.4) is 0 Å². The number of aliphatic hydroxyl groups excluding tert-OH is 1. The first kappa shape index (κ1) is 23.7. The van der Waals surface area contributed by atoms with Gasteiger partial charge in [-0.05, 0) is 66.6 Å². The maximum Gasteiger partial charge on any atom is 0.322 e. The Labute approximate surface area is 210 Å². The number of amides is 2. The Hall–Kier alpha value is -4.02. The van der Waals surface area contributed by atoms with E-state index in [4.69, 9.17) is 4.74 Å². The molecule has 2 heterocycles. The van der Waals surface area contributed by atoms with Crippen molar-refractivity contribution in [2.24, 2.45) is 5.92 Å². The summed E-state index contributed by atoms with van der Waals surface area (Å²) in [7, 11) is 3.56. The number of aliphatic hydroxyl groups is 1. The molecule has 36 heavy (non-hydrogen) atoms. The summed E-state index contributed by atoms with van der Waals surface area (Å²) in [6.07, 6.45) is 0.782. The highest BCUT2D eigenvalue weighted by Gasteiger charge is 2.47. The van der Waals surface area contributed by atoms with E-state index in [1.54, 1.807) is 25.3 Å². The molecule has 1 saturated heterocycles. The zero-order valence-electron chi connectivity index (χ0n) is 20.2. The molecular formula is C29H28FN3O3. The number of carbonyl (C=O) groups excluding carboxylic acids is 1. The van der Waals surface area contributed by atoms with Crippen molar-refractivity contribution in [3.63, 3.8) is 0 Å². The number of benzene rings is 3. The quantitative estimate of drug-likeness (QED) is 0.531. The molecule has 6 nitrogen and oxygen atoms in total. The van der Waals surface area contributed by atoms with Gasteiger partial charge in [-0.15, -0.1) is 0 Å². The number of methoxy groups -OCH3 is 1. The maximum absolute atomic E-state index is 13.5. The fourth-order valence-electron chi connectivity index (χ4n) is 5.37. The lowest BCUT2D eigenvalue weighted by atomic mass is 9.81. The fraction of sp³-hybridized carbons (Fsp3) is 0.276. The number of fused-ring (bicyclic) bond motifs is 3. The van der Waals surface area contributed by atoms with Crippen LogP contribution in [0.25, 0.3) is 0 Å². The smallest absolute Gasteiger partial charge is 0.322 e. The Bertz CT molecular complexity index is 1330. The van der Waals surface area contributed by atoms with Crippen LogP contribution >= 0.6 is 0 Å². The first-order valence-electron chi connectivity index (χ1n) is 12.0. The Balaban J connectivity index is 1.49. The van der Waals surface area contributed by atoms with E-state index in [9.17, 15) is 14.3 Å². The predicted octanol–water partition coefficient (Wildman–Crippen LogP) is 4.64. The minimum atomic E-state index is -0.297. The molecule has 0 saturated carbocycles. The molecule has 184 valence electrons. The molecule has 2 aliphatic rings. The maximum atomic E-state index is 13.5. The van der Waals surface area contributed by atoms with E-state index in [2.05, 4.69) is 22.1 Å². The summed E-state index contributed by atoms with van der Waals surface area (Å²) >= 11 is 0. The Morgan fingerprint density at radius 1 is 1.11 bits per heavy atom. The minimum absolute atomic E-state index is 0.00516. The molecule has 3 aromatic rings. The lowest BCUT2D eigenvalue weighted by Gasteiger charge is -2.44. The lowest BCUT2D eigenvalue weighted by Crippen LogP contribution is -2.48. The summed E-state index contributed by atoms with van der Waals surface area (Å²) in [5.74, 6) is 6.64. The third-order valence-electron chi connectivity index (χ3n) is 7.15. The second-order valence-corrected chi connectivity index (χ2v) is 9.11. The SMILES string of the molecule is COc1ccccc1NC(=O)N1CC[C@@H]2[C@H]1c1cc(C#Cc3ccc(F)cc3)ccc1N(C)[C@@H]2CO. The number of anilines is 2. The van der Waals surface area contributed by atoms with Crippen molar-refractivity contribution in [3.05, 3.63) is 89.2 Å². The number of para-hydroxylation sites is 2. The van der Waals surface area contributed by atoms with Crippen molar-refractivity contribution in [1.82, 2.24) is 4.90 Å². The van der Waals surface area contributed by atoms with Crippen LogP contribution in [0.15, 0.2) is 66.7 Å². The van der Waals surface area contributed by atoms with Gasteiger partial charge in [0.05, 0.1) is 31.5 Å². The number of likely N-dealkylation sites (tertiary alicyclic amines) is 1. The first-order chi connectivity index (χ1) is 17.5. The topological polar surface area (TPSA) is 65.0 Å². The second kappa shape index (κ2) is 9.92. The third kappa shape index (κ3) is 4.36. The van der Waals surface area contributed by atoms with Gasteiger partial charge in [-0.1, -0.05) is 24.0 Å². The fourth-order valence-corrected chi connectivity index (χ4v) is 5.37. The average molecular weight is 486 g/mol. The largest absolute Gasteiger partial charge is 0.495 e. The Kier molecular flexibility index (Phi) is 6.53. The molecule has 2 N–H and O–H groups in total. The standard InChI is InChI=1S/C29H28FN3O3/c1-32-25-14-11-20(8-7-19-9-12-21(30)13-10-19)17-23(25)28-22(26(32)18-34)15-16-33(28)29(35)31-24-5-3-4-6-27(24)36-2/h3-6,9-14,17,22,26,28,34H,15-16,18H2,1-2H3,(H,31,35)/t22-,26+,28-/m0/s1. The van der Waals surface area contributed by atoms with Gasteiger partial charge in [-0.3, -0.25) is 0 Å². The Morgan fingerprint density at radius 3 is 2.58 bits per heavy atom. The summed E-state index contributed by atoms with van der Waals surface area (Å²) in [6.45, 7) is 0.580. The number of halogens is 1. The highest BCUT2D eigenvalue weighted by Crippen LogP contribution is 2.48. The lowest BCUT2D eigenvalue weighted by molar-refractivity contribution is 0.168. The van der Waals surface area contributed by atoms with Gasteiger partial charge in [0.2, 0.25) is 0 Å². The summed E-state index contributed by atoms with van der Waals surface area (Å²) in [5, 5.41) is 13.2. The number of hydrogen-bond acceptors (Lipinski definition) is 4. The highest BCUT2D eigenvalue weighted by atomic mass is 19.1. The molecule has 5 rings (SSSR count). The molecule has 0 aliphatic carbocycles. The highest BCUT2D eigenvalue weighted by molar-refractivity contribution is 5.91. The van der Waals surface area contributed by atoms with E-state index in [1.165, 1.54) is 12.1 Å². The molecule has 3 atom stereocenters. The van der Waals surface area contributed by atoms with Crippen molar-refractivity contribution in [3.8, 4) is 17.6 Å². The van der Waals surface area contributed by atoms with Crippen LogP contribution in [0.5, 0.6) is 5.75 Å². The van der Waals surface area contributed by atoms with Crippen LogP contribution in [-0.2, 0) is 0 Å². The second-order valence-electron chi connectivity index (χ2n) is 9.11. The van der Waals surface area contributed by atoms with E-state index in [-0.39, 0.29) is 36.5 Å². The number of nitrogens with one attached hydrogen (secondary N) is 1. The van der Waals surface area contributed by atoms with Crippen LogP contribution in [0.2, 0.25) is 0 Å². The molecule has 0 aromatic heterocycles. The molecule has 0 radical (unpaired) electrons. The van der Waals surface area contributed by atoms with Gasteiger partial charge < -0.3 is 25.0 Å². The van der Waals surface area contributed by atoms with Crippen molar-refractivity contribution >= 4 is 17.4 Å². The van der Waals surface area contributed by atoms with E-state index in [0.29, 0.717) is 18.0 Å². The van der Waals surface area contributed by atoms with E-state index in [1.807, 2.05) is 48.3 Å². The number of nitrogens with zero attached hydrogens (tertiary/aromatic N) is 2. The van der Waals surface area contributed by atoms with Gasteiger partial charge >= 0.3 is 6.03 Å². The number of urea groups is 1. The summed E-state index contributed by atoms with van der Waals surface area (Å²) < 4.78 is 18.6. The number of likely N-dealkylation sites (N-methyl/N-ethyl adjacent to an activating group) is 1. The van der Waals surface area contributed by atoms with Gasteiger partial charge in [0.25, 0.3) is 0 Å². The monoisotopic (exact) mass is 485 g/mol. The van der Waals surface area contributed by atoms with Crippen molar-refractivity contribution in [2.75, 3.05) is 37.5 Å². The average Bonchev–Trinajstić information content (AvgIpc) is 3.34. The van der Waals surface area contributed by atoms with E-state index in [0.717, 1.165) is 28.8 Å². The zero-order chi connectivity index (χ0) is 25.2. The molecule has 7 heteroatoms. The molecule has 2 aliphatic heterocycles. The van der Waals surface area contributed by atoms with E-state index >= 15 is 0 Å². The minimum Gasteiger partial charge on any atom is -0.495 e. The van der Waals surface area contributed by atoms with Crippen LogP contribution in [0.4, 0.5) is 20.6 Å². The van der Waals surface area contributed by atoms with E-state index < -0.39 is 0 Å². The van der Waals surface area contributed by atoms with Crippen LogP contribution in [-0.4, -0.2) is 49.4 Å². The van der Waals surface area contributed by atoms with Crippen LogP contribution in [0, 0.1) is 23.6 Å². The summed E-state index contributed by atoms with van der Waals surface area (Å²) in [5.41, 5.74) is 4.12. The van der Waals surface area contributed by atoms with Crippen molar-refractivity contribution in [1.29, 1.82) is 0 Å². The van der Waals surface area contributed by atoms with Crippen LogP contribution < -0.4 is 15.0 Å². The van der Waals surface area contributed by atoms with Crippen molar-refractivity contribution in [2.45, 2.75) is 18.5 Å². The van der Waals surface area contributed by atoms with Gasteiger partial charge in [-0.2, -0.15) is 0 Å².